The first-order chi connectivity index (χ1) is 9.08. The van der Waals surface area contributed by atoms with Crippen molar-refractivity contribution in [1.82, 2.24) is 5.32 Å². The van der Waals surface area contributed by atoms with Gasteiger partial charge in [0.1, 0.15) is 0 Å². The molecule has 19 heavy (non-hydrogen) atoms. The van der Waals surface area contributed by atoms with Crippen LogP contribution in [0.2, 0.25) is 10.0 Å². The van der Waals surface area contributed by atoms with Gasteiger partial charge in [0.15, 0.2) is 0 Å². The molecule has 1 rings (SSSR count). The molecule has 0 saturated carbocycles. The van der Waals surface area contributed by atoms with E-state index >= 15 is 0 Å². The molecule has 4 heteroatoms. The number of carbonyl (C=O) groups excluding carboxylic acids is 1. The van der Waals surface area contributed by atoms with E-state index in [1.54, 1.807) is 12.1 Å². The summed E-state index contributed by atoms with van der Waals surface area (Å²) in [6.07, 6.45) is 4.04. The molecule has 0 spiro atoms. The predicted molar refractivity (Wildman–Crippen MR) is 81.6 cm³/mol. The fraction of sp³-hybridized carbons (Fsp3) is 0.533. The molecule has 1 aromatic rings. The van der Waals surface area contributed by atoms with E-state index in [1.807, 2.05) is 6.07 Å². The van der Waals surface area contributed by atoms with Gasteiger partial charge in [0.2, 0.25) is 5.91 Å². The van der Waals surface area contributed by atoms with Crippen molar-refractivity contribution < 1.29 is 4.79 Å². The molecule has 0 fully saturated rings. The minimum absolute atomic E-state index is 0.103. The summed E-state index contributed by atoms with van der Waals surface area (Å²) in [5, 5.41) is 4.15. The predicted octanol–water partition coefficient (Wildman–Crippen LogP) is 4.83. The molecular weight excluding hydrogens is 281 g/mol. The lowest BCUT2D eigenvalue weighted by molar-refractivity contribution is -0.125. The van der Waals surface area contributed by atoms with Gasteiger partial charge in [0, 0.05) is 22.5 Å². The zero-order chi connectivity index (χ0) is 14.3. The van der Waals surface area contributed by atoms with Crippen molar-refractivity contribution in [1.29, 1.82) is 0 Å². The molecule has 1 unspecified atom stereocenters. The molecule has 2 nitrogen and oxygen atoms in total. The summed E-state index contributed by atoms with van der Waals surface area (Å²) in [5.74, 6) is 0.216. The Labute approximate surface area is 125 Å². The summed E-state index contributed by atoms with van der Waals surface area (Å²) in [5.41, 5.74) is 0.893. The molecule has 0 saturated heterocycles. The lowest BCUT2D eigenvalue weighted by Gasteiger charge is -2.15. The van der Waals surface area contributed by atoms with Crippen LogP contribution in [0.5, 0.6) is 0 Å². The van der Waals surface area contributed by atoms with Gasteiger partial charge in [-0.05, 0) is 30.5 Å². The molecule has 1 aromatic carbocycles. The first-order valence-electron chi connectivity index (χ1n) is 6.80. The van der Waals surface area contributed by atoms with Gasteiger partial charge in [-0.1, -0.05) is 56.0 Å². The van der Waals surface area contributed by atoms with Gasteiger partial charge in [-0.3, -0.25) is 4.79 Å². The lowest BCUT2D eigenvalue weighted by Crippen LogP contribution is -2.30. The zero-order valence-corrected chi connectivity index (χ0v) is 13.0. The SMILES string of the molecule is CCCCC(CC)C(=O)NCc1ccc(Cl)cc1Cl. The van der Waals surface area contributed by atoms with Gasteiger partial charge in [0.25, 0.3) is 0 Å². The van der Waals surface area contributed by atoms with Crippen LogP contribution >= 0.6 is 23.2 Å². The first-order valence-corrected chi connectivity index (χ1v) is 7.55. The normalized spacial score (nSPS) is 12.2. The molecule has 0 aliphatic heterocycles. The summed E-state index contributed by atoms with van der Waals surface area (Å²) in [7, 11) is 0. The van der Waals surface area contributed by atoms with Crippen molar-refractivity contribution in [2.45, 2.75) is 46.1 Å². The van der Waals surface area contributed by atoms with Gasteiger partial charge in [-0.2, -0.15) is 0 Å². The number of amides is 1. The Morgan fingerprint density at radius 2 is 2.05 bits per heavy atom. The molecule has 0 aliphatic rings. The van der Waals surface area contributed by atoms with Crippen LogP contribution in [0.25, 0.3) is 0 Å². The third-order valence-electron chi connectivity index (χ3n) is 3.24. The van der Waals surface area contributed by atoms with Crippen LogP contribution in [0.4, 0.5) is 0 Å². The highest BCUT2D eigenvalue weighted by Crippen LogP contribution is 2.21. The first kappa shape index (κ1) is 16.3. The Morgan fingerprint density at radius 1 is 1.32 bits per heavy atom. The smallest absolute Gasteiger partial charge is 0.223 e. The summed E-state index contributed by atoms with van der Waals surface area (Å²) >= 11 is 11.9. The van der Waals surface area contributed by atoms with E-state index in [0.29, 0.717) is 16.6 Å². The van der Waals surface area contributed by atoms with Crippen molar-refractivity contribution in [2.24, 2.45) is 5.92 Å². The molecule has 0 aromatic heterocycles. The summed E-state index contributed by atoms with van der Waals surface area (Å²) in [4.78, 5) is 12.1. The second kappa shape index (κ2) is 8.44. The largest absolute Gasteiger partial charge is 0.352 e. The number of unbranched alkanes of at least 4 members (excludes halogenated alkanes) is 1. The van der Waals surface area contributed by atoms with Gasteiger partial charge in [-0.25, -0.2) is 0 Å². The topological polar surface area (TPSA) is 29.1 Å². The maximum atomic E-state index is 12.1. The molecule has 0 bridgehead atoms. The molecular formula is C15H21Cl2NO. The van der Waals surface area contributed by atoms with E-state index in [4.69, 9.17) is 23.2 Å². The van der Waals surface area contributed by atoms with Crippen molar-refractivity contribution in [3.8, 4) is 0 Å². The van der Waals surface area contributed by atoms with Crippen LogP contribution in [0.15, 0.2) is 18.2 Å². The summed E-state index contributed by atoms with van der Waals surface area (Å²) < 4.78 is 0. The van der Waals surface area contributed by atoms with Crippen LogP contribution in [0.1, 0.15) is 45.1 Å². The van der Waals surface area contributed by atoms with Gasteiger partial charge < -0.3 is 5.32 Å². The van der Waals surface area contributed by atoms with Crippen molar-refractivity contribution in [3.63, 3.8) is 0 Å². The van der Waals surface area contributed by atoms with E-state index in [1.165, 1.54) is 0 Å². The van der Waals surface area contributed by atoms with Crippen LogP contribution in [0, 0.1) is 5.92 Å². The van der Waals surface area contributed by atoms with Crippen LogP contribution < -0.4 is 5.32 Å². The maximum absolute atomic E-state index is 12.1. The Balaban J connectivity index is 2.52. The number of rotatable bonds is 7. The Kier molecular flexibility index (Phi) is 7.25. The van der Waals surface area contributed by atoms with Gasteiger partial charge >= 0.3 is 0 Å². The standard InChI is InChI=1S/C15H21Cl2NO/c1-3-5-6-11(4-2)15(19)18-10-12-7-8-13(16)9-14(12)17/h7-9,11H,3-6,10H2,1-2H3,(H,18,19). The summed E-state index contributed by atoms with van der Waals surface area (Å²) in [6.45, 7) is 4.64. The average Bonchev–Trinajstić information content (AvgIpc) is 2.38. The highest BCUT2D eigenvalue weighted by Gasteiger charge is 2.15. The van der Waals surface area contributed by atoms with Crippen molar-refractivity contribution in [3.05, 3.63) is 33.8 Å². The second-order valence-electron chi connectivity index (χ2n) is 4.70. The summed E-state index contributed by atoms with van der Waals surface area (Å²) in [6, 6.07) is 5.32. The highest BCUT2D eigenvalue weighted by molar-refractivity contribution is 6.35. The van der Waals surface area contributed by atoms with Crippen molar-refractivity contribution in [2.75, 3.05) is 0 Å². The van der Waals surface area contributed by atoms with Crippen LogP contribution in [-0.2, 0) is 11.3 Å². The van der Waals surface area contributed by atoms with Crippen molar-refractivity contribution >= 4 is 29.1 Å². The Bertz CT molecular complexity index is 421. The van der Waals surface area contributed by atoms with E-state index in [2.05, 4.69) is 19.2 Å². The number of benzene rings is 1. The lowest BCUT2D eigenvalue weighted by atomic mass is 9.98. The van der Waals surface area contributed by atoms with E-state index in [-0.39, 0.29) is 11.8 Å². The monoisotopic (exact) mass is 301 g/mol. The van der Waals surface area contributed by atoms with Gasteiger partial charge in [0.05, 0.1) is 0 Å². The molecule has 0 radical (unpaired) electrons. The Morgan fingerprint density at radius 3 is 2.63 bits per heavy atom. The van der Waals surface area contributed by atoms with E-state index < -0.39 is 0 Å². The quantitative estimate of drug-likeness (QED) is 0.768. The molecule has 1 atom stereocenters. The van der Waals surface area contributed by atoms with E-state index in [0.717, 1.165) is 31.2 Å². The number of carbonyl (C=O) groups is 1. The van der Waals surface area contributed by atoms with Crippen LogP contribution in [0.3, 0.4) is 0 Å². The highest BCUT2D eigenvalue weighted by atomic mass is 35.5. The molecule has 0 aliphatic carbocycles. The number of hydrogen-bond acceptors (Lipinski definition) is 1. The third-order valence-corrected chi connectivity index (χ3v) is 3.82. The minimum Gasteiger partial charge on any atom is -0.352 e. The number of nitrogens with one attached hydrogen (secondary N) is 1. The maximum Gasteiger partial charge on any atom is 0.223 e. The number of hydrogen-bond donors (Lipinski definition) is 1. The van der Waals surface area contributed by atoms with Gasteiger partial charge in [-0.15, -0.1) is 0 Å². The average molecular weight is 302 g/mol. The fourth-order valence-corrected chi connectivity index (χ4v) is 2.44. The molecule has 1 amide bonds. The zero-order valence-electron chi connectivity index (χ0n) is 11.5. The third kappa shape index (κ3) is 5.42. The fourth-order valence-electron chi connectivity index (χ4n) is 1.96. The molecule has 106 valence electrons. The van der Waals surface area contributed by atoms with E-state index in [9.17, 15) is 4.79 Å². The minimum atomic E-state index is 0.103. The Hall–Kier alpha value is -0.730. The molecule has 1 N–H and O–H groups in total. The second-order valence-corrected chi connectivity index (χ2v) is 5.54. The molecule has 0 heterocycles. The van der Waals surface area contributed by atoms with Crippen LogP contribution in [-0.4, -0.2) is 5.91 Å². The number of halogens is 2.